The standard InChI is InChI=1S/C16H25NO2Si/c1-15(2,3)20(5,6)17-13(16(4,19)14(17)18)12-10-8-7-9-11-12/h7-11,13,19H,1-6H3/t13-,16+/m0/s1. The molecule has 1 aliphatic rings. The number of β-lactam (4-membered cyclic amide) rings is 1. The molecule has 1 aromatic rings. The van der Waals surface area contributed by atoms with Gasteiger partial charge in [0.15, 0.2) is 13.8 Å². The molecule has 2 atom stereocenters. The molecule has 1 aliphatic heterocycles. The summed E-state index contributed by atoms with van der Waals surface area (Å²) in [5.41, 5.74) is -0.265. The summed E-state index contributed by atoms with van der Waals surface area (Å²) in [6.07, 6.45) is 0. The van der Waals surface area contributed by atoms with Crippen molar-refractivity contribution in [3.8, 4) is 0 Å². The lowest BCUT2D eigenvalue weighted by molar-refractivity contribution is -0.177. The average molecular weight is 291 g/mol. The largest absolute Gasteiger partial charge is 0.378 e. The zero-order valence-electron chi connectivity index (χ0n) is 13.3. The lowest BCUT2D eigenvalue weighted by atomic mass is 9.82. The van der Waals surface area contributed by atoms with E-state index >= 15 is 0 Å². The van der Waals surface area contributed by atoms with E-state index in [9.17, 15) is 9.90 Å². The van der Waals surface area contributed by atoms with Gasteiger partial charge in [0, 0.05) is 0 Å². The van der Waals surface area contributed by atoms with Crippen LogP contribution in [0.5, 0.6) is 0 Å². The Morgan fingerprint density at radius 2 is 1.70 bits per heavy atom. The second kappa shape index (κ2) is 4.43. The van der Waals surface area contributed by atoms with E-state index in [0.717, 1.165) is 5.56 Å². The SMILES string of the molecule is CC(C)(C)[Si](C)(C)N1C(=O)[C@](C)(O)[C@@H]1c1ccccc1. The number of benzene rings is 1. The Bertz CT molecular complexity index is 517. The summed E-state index contributed by atoms with van der Waals surface area (Å²) in [5.74, 6) is -0.127. The highest BCUT2D eigenvalue weighted by Gasteiger charge is 2.63. The summed E-state index contributed by atoms with van der Waals surface area (Å²) in [7, 11) is -2.00. The van der Waals surface area contributed by atoms with Crippen molar-refractivity contribution >= 4 is 14.1 Å². The smallest absolute Gasteiger partial charge is 0.249 e. The highest BCUT2D eigenvalue weighted by atomic mass is 28.3. The maximum absolute atomic E-state index is 12.5. The van der Waals surface area contributed by atoms with Crippen LogP contribution < -0.4 is 0 Å². The second-order valence-electron chi connectivity index (χ2n) is 7.44. The van der Waals surface area contributed by atoms with Gasteiger partial charge in [0.05, 0.1) is 6.04 Å². The molecule has 0 radical (unpaired) electrons. The van der Waals surface area contributed by atoms with E-state index in [0.29, 0.717) is 0 Å². The van der Waals surface area contributed by atoms with Crippen LogP contribution >= 0.6 is 0 Å². The third-order valence-electron chi connectivity index (χ3n) is 5.00. The highest BCUT2D eigenvalue weighted by molar-refractivity contribution is 6.80. The van der Waals surface area contributed by atoms with Crippen LogP contribution in [-0.2, 0) is 4.79 Å². The summed E-state index contributed by atoms with van der Waals surface area (Å²) < 4.78 is 1.97. The first-order valence-electron chi connectivity index (χ1n) is 7.12. The third-order valence-corrected chi connectivity index (χ3v) is 10.3. The molecule has 2 rings (SSSR count). The van der Waals surface area contributed by atoms with Gasteiger partial charge in [-0.15, -0.1) is 0 Å². The minimum atomic E-state index is -2.00. The molecular weight excluding hydrogens is 266 g/mol. The molecule has 20 heavy (non-hydrogen) atoms. The predicted octanol–water partition coefficient (Wildman–Crippen LogP) is 3.33. The van der Waals surface area contributed by atoms with Gasteiger partial charge in [-0.05, 0) is 17.5 Å². The molecule has 0 unspecified atom stereocenters. The Kier molecular flexibility index (Phi) is 3.38. The van der Waals surface area contributed by atoms with Crippen molar-refractivity contribution < 1.29 is 9.90 Å². The molecular formula is C16H25NO2Si. The van der Waals surface area contributed by atoms with Crippen LogP contribution in [0.25, 0.3) is 0 Å². The number of rotatable bonds is 2. The van der Waals surface area contributed by atoms with Crippen molar-refractivity contribution in [3.05, 3.63) is 35.9 Å². The van der Waals surface area contributed by atoms with Crippen molar-refractivity contribution in [1.29, 1.82) is 0 Å². The minimum absolute atomic E-state index is 0.0617. The number of hydrogen-bond acceptors (Lipinski definition) is 2. The van der Waals surface area contributed by atoms with Crippen LogP contribution in [-0.4, -0.2) is 29.4 Å². The molecule has 1 saturated heterocycles. The fraction of sp³-hybridized carbons (Fsp3) is 0.562. The molecule has 0 aromatic heterocycles. The van der Waals surface area contributed by atoms with Crippen LogP contribution in [0.1, 0.15) is 39.3 Å². The molecule has 4 heteroatoms. The number of hydrogen-bond donors (Lipinski definition) is 1. The summed E-state index contributed by atoms with van der Waals surface area (Å²) in [6, 6.07) is 9.63. The van der Waals surface area contributed by atoms with Crippen LogP contribution in [0, 0.1) is 0 Å². The van der Waals surface area contributed by atoms with E-state index < -0.39 is 13.8 Å². The average Bonchev–Trinajstić information content (AvgIpc) is 2.34. The number of carbonyl (C=O) groups excluding carboxylic acids is 1. The van der Waals surface area contributed by atoms with Gasteiger partial charge in [0.2, 0.25) is 5.91 Å². The zero-order chi connectivity index (χ0) is 15.3. The number of nitrogens with zero attached hydrogens (tertiary/aromatic N) is 1. The van der Waals surface area contributed by atoms with Gasteiger partial charge < -0.3 is 9.67 Å². The molecule has 1 amide bonds. The van der Waals surface area contributed by atoms with Crippen LogP contribution in [0.15, 0.2) is 30.3 Å². The van der Waals surface area contributed by atoms with Gasteiger partial charge in [-0.3, -0.25) is 4.79 Å². The molecule has 0 aliphatic carbocycles. The summed E-state index contributed by atoms with van der Waals surface area (Å²) >= 11 is 0. The first kappa shape index (κ1) is 15.3. The normalized spacial score (nSPS) is 27.4. The molecule has 0 spiro atoms. The van der Waals surface area contributed by atoms with Gasteiger partial charge in [0.1, 0.15) is 0 Å². The molecule has 1 N–H and O–H groups in total. The van der Waals surface area contributed by atoms with E-state index in [2.05, 4.69) is 33.9 Å². The predicted molar refractivity (Wildman–Crippen MR) is 83.8 cm³/mol. The van der Waals surface area contributed by atoms with Crippen molar-refractivity contribution in [1.82, 2.24) is 4.57 Å². The second-order valence-corrected chi connectivity index (χ2v) is 12.5. The maximum atomic E-state index is 12.5. The molecule has 1 heterocycles. The lowest BCUT2D eigenvalue weighted by Crippen LogP contribution is -2.75. The fourth-order valence-corrected chi connectivity index (χ4v) is 5.21. The highest BCUT2D eigenvalue weighted by Crippen LogP contribution is 2.51. The van der Waals surface area contributed by atoms with Crippen molar-refractivity contribution in [2.75, 3.05) is 0 Å². The molecule has 0 saturated carbocycles. The third kappa shape index (κ3) is 2.02. The zero-order valence-corrected chi connectivity index (χ0v) is 14.3. The van der Waals surface area contributed by atoms with Crippen molar-refractivity contribution in [2.24, 2.45) is 0 Å². The monoisotopic (exact) mass is 291 g/mol. The van der Waals surface area contributed by atoms with E-state index in [1.54, 1.807) is 6.92 Å². The van der Waals surface area contributed by atoms with Crippen LogP contribution in [0.2, 0.25) is 18.1 Å². The minimum Gasteiger partial charge on any atom is -0.378 e. The molecule has 3 nitrogen and oxygen atoms in total. The van der Waals surface area contributed by atoms with Gasteiger partial charge in [-0.2, -0.15) is 0 Å². The van der Waals surface area contributed by atoms with Gasteiger partial charge in [-0.1, -0.05) is 64.2 Å². The number of carbonyl (C=O) groups is 1. The summed E-state index contributed by atoms with van der Waals surface area (Å²) in [4.78, 5) is 12.5. The van der Waals surface area contributed by atoms with Gasteiger partial charge >= 0.3 is 0 Å². The first-order valence-corrected chi connectivity index (χ1v) is 10.1. The maximum Gasteiger partial charge on any atom is 0.249 e. The molecule has 1 aromatic carbocycles. The molecule has 1 fully saturated rings. The fourth-order valence-electron chi connectivity index (χ4n) is 2.71. The van der Waals surface area contributed by atoms with Gasteiger partial charge in [0.25, 0.3) is 0 Å². The van der Waals surface area contributed by atoms with E-state index in [4.69, 9.17) is 0 Å². The summed E-state index contributed by atoms with van der Waals surface area (Å²) in [5, 5.41) is 10.6. The Balaban J connectivity index is 2.46. The Labute approximate surface area is 122 Å². The Morgan fingerprint density at radius 3 is 2.15 bits per heavy atom. The first-order chi connectivity index (χ1) is 9.01. The van der Waals surface area contributed by atoms with E-state index in [1.807, 2.05) is 34.9 Å². The Hall–Kier alpha value is -1.13. The van der Waals surface area contributed by atoms with Crippen LogP contribution in [0.4, 0.5) is 0 Å². The topological polar surface area (TPSA) is 40.5 Å². The van der Waals surface area contributed by atoms with E-state index in [1.165, 1.54) is 0 Å². The summed E-state index contributed by atoms with van der Waals surface area (Å²) in [6.45, 7) is 12.6. The quantitative estimate of drug-likeness (QED) is 0.671. The van der Waals surface area contributed by atoms with Crippen molar-refractivity contribution in [3.63, 3.8) is 0 Å². The van der Waals surface area contributed by atoms with Crippen LogP contribution in [0.3, 0.4) is 0 Å². The Morgan fingerprint density at radius 1 is 1.20 bits per heavy atom. The lowest BCUT2D eigenvalue weighted by Gasteiger charge is -2.61. The van der Waals surface area contributed by atoms with Crippen molar-refractivity contribution in [2.45, 2.75) is 57.5 Å². The number of amides is 1. The molecule has 0 bridgehead atoms. The molecule has 110 valence electrons. The number of aliphatic hydroxyl groups is 1. The van der Waals surface area contributed by atoms with Gasteiger partial charge in [-0.25, -0.2) is 0 Å². The van der Waals surface area contributed by atoms with E-state index in [-0.39, 0.29) is 17.0 Å².